The fourth-order valence-electron chi connectivity index (χ4n) is 3.17. The highest BCUT2D eigenvalue weighted by Crippen LogP contribution is 2.55. The van der Waals surface area contributed by atoms with Crippen molar-refractivity contribution in [3.8, 4) is 0 Å². The second-order valence-electron chi connectivity index (χ2n) is 5.21. The third-order valence-electron chi connectivity index (χ3n) is 4.29. The van der Waals surface area contributed by atoms with Crippen LogP contribution in [0.2, 0.25) is 0 Å². The van der Waals surface area contributed by atoms with Crippen LogP contribution in [0.4, 0.5) is 0 Å². The number of hydrogen-bond acceptors (Lipinski definition) is 1. The average molecular weight is 280 g/mol. The fraction of sp³-hybridized carbons (Fsp3) is 0.571. The molecule has 1 unspecified atom stereocenters. The molecule has 0 spiro atoms. The zero-order valence-corrected chi connectivity index (χ0v) is 11.1. The molecule has 0 amide bonds. The van der Waals surface area contributed by atoms with E-state index in [1.807, 2.05) is 0 Å². The Kier molecular flexibility index (Phi) is 2.80. The molecule has 2 aliphatic rings. The highest BCUT2D eigenvalue weighted by atomic mass is 79.9. The summed E-state index contributed by atoms with van der Waals surface area (Å²) in [6.45, 7) is 2.43. The lowest BCUT2D eigenvalue weighted by Gasteiger charge is -2.31. The van der Waals surface area contributed by atoms with Crippen LogP contribution in [0.15, 0.2) is 28.7 Å². The first-order valence-corrected chi connectivity index (χ1v) is 7.07. The summed E-state index contributed by atoms with van der Waals surface area (Å²) in [5.41, 5.74) is 2.08. The van der Waals surface area contributed by atoms with Crippen molar-refractivity contribution in [1.82, 2.24) is 5.32 Å². The van der Waals surface area contributed by atoms with Crippen LogP contribution in [-0.4, -0.2) is 13.1 Å². The average Bonchev–Trinajstić information content (AvgIpc) is 3.13. The van der Waals surface area contributed by atoms with Gasteiger partial charge in [-0.15, -0.1) is 0 Å². The van der Waals surface area contributed by atoms with Crippen molar-refractivity contribution in [2.24, 2.45) is 5.92 Å². The molecule has 1 aromatic rings. The number of halogens is 1. The van der Waals surface area contributed by atoms with Crippen LogP contribution in [0.3, 0.4) is 0 Å². The van der Waals surface area contributed by atoms with E-state index in [1.54, 1.807) is 5.56 Å². The van der Waals surface area contributed by atoms with Crippen molar-refractivity contribution in [1.29, 1.82) is 0 Å². The van der Waals surface area contributed by atoms with Crippen LogP contribution in [0.25, 0.3) is 0 Å². The lowest BCUT2D eigenvalue weighted by atomic mass is 9.78. The van der Waals surface area contributed by atoms with Crippen molar-refractivity contribution in [3.05, 3.63) is 34.3 Å². The molecule has 1 saturated heterocycles. The maximum atomic E-state index is 3.55. The van der Waals surface area contributed by atoms with Gasteiger partial charge in [0.15, 0.2) is 0 Å². The third-order valence-corrected chi connectivity index (χ3v) is 4.81. The lowest BCUT2D eigenvalue weighted by Crippen LogP contribution is -2.36. The quantitative estimate of drug-likeness (QED) is 0.874. The van der Waals surface area contributed by atoms with Gasteiger partial charge in [0.05, 0.1) is 0 Å². The maximum absolute atomic E-state index is 3.55. The monoisotopic (exact) mass is 279 g/mol. The van der Waals surface area contributed by atoms with E-state index in [4.69, 9.17) is 0 Å². The molecule has 0 radical (unpaired) electrons. The molecule has 1 saturated carbocycles. The Hall–Kier alpha value is -0.340. The molecule has 1 N–H and O–H groups in total. The van der Waals surface area contributed by atoms with E-state index >= 15 is 0 Å². The van der Waals surface area contributed by atoms with Crippen molar-refractivity contribution in [3.63, 3.8) is 0 Å². The summed E-state index contributed by atoms with van der Waals surface area (Å²) in [5, 5.41) is 3.55. The fourth-order valence-corrected chi connectivity index (χ4v) is 3.44. The van der Waals surface area contributed by atoms with Crippen molar-refractivity contribution >= 4 is 15.9 Å². The van der Waals surface area contributed by atoms with Gasteiger partial charge in [0.2, 0.25) is 0 Å². The lowest BCUT2D eigenvalue weighted by molar-refractivity contribution is 0.307. The highest BCUT2D eigenvalue weighted by molar-refractivity contribution is 9.10. The zero-order chi connectivity index (χ0) is 11.0. The number of nitrogens with one attached hydrogen (secondary N) is 1. The van der Waals surface area contributed by atoms with Gasteiger partial charge in [-0.25, -0.2) is 0 Å². The molecule has 1 aliphatic heterocycles. The maximum Gasteiger partial charge on any atom is 0.0175 e. The predicted octanol–water partition coefficient (Wildman–Crippen LogP) is 3.48. The minimum Gasteiger partial charge on any atom is -0.316 e. The Morgan fingerprint density at radius 2 is 1.94 bits per heavy atom. The summed E-state index contributed by atoms with van der Waals surface area (Å²) in [7, 11) is 0. The molecule has 1 aromatic carbocycles. The Morgan fingerprint density at radius 3 is 2.50 bits per heavy atom. The molecular formula is C14H18BrN. The van der Waals surface area contributed by atoms with Gasteiger partial charge >= 0.3 is 0 Å². The molecule has 2 fully saturated rings. The second-order valence-corrected chi connectivity index (χ2v) is 6.12. The van der Waals surface area contributed by atoms with Crippen molar-refractivity contribution in [2.45, 2.75) is 31.1 Å². The van der Waals surface area contributed by atoms with Gasteiger partial charge in [-0.05, 0) is 67.8 Å². The van der Waals surface area contributed by atoms with Crippen LogP contribution in [0.5, 0.6) is 0 Å². The third kappa shape index (κ3) is 1.82. The Labute approximate surface area is 106 Å². The molecule has 1 aliphatic carbocycles. The molecular weight excluding hydrogens is 262 g/mol. The summed E-state index contributed by atoms with van der Waals surface area (Å²) in [5.74, 6) is 0.863. The normalized spacial score (nSPS) is 27.7. The Bertz CT molecular complexity index is 361. The van der Waals surface area contributed by atoms with E-state index in [-0.39, 0.29) is 0 Å². The molecule has 1 atom stereocenters. The van der Waals surface area contributed by atoms with Crippen LogP contribution in [0, 0.1) is 5.92 Å². The molecule has 3 rings (SSSR count). The van der Waals surface area contributed by atoms with Crippen molar-refractivity contribution in [2.75, 3.05) is 13.1 Å². The van der Waals surface area contributed by atoms with E-state index in [2.05, 4.69) is 45.5 Å². The van der Waals surface area contributed by atoms with Crippen LogP contribution in [0.1, 0.15) is 31.2 Å². The van der Waals surface area contributed by atoms with Gasteiger partial charge in [-0.2, -0.15) is 0 Å². The van der Waals surface area contributed by atoms with Gasteiger partial charge in [-0.3, -0.25) is 0 Å². The topological polar surface area (TPSA) is 12.0 Å². The number of rotatable bonds is 2. The van der Waals surface area contributed by atoms with E-state index in [0.29, 0.717) is 5.41 Å². The molecule has 2 heteroatoms. The first kappa shape index (κ1) is 10.8. The standard InChI is InChI=1S/C14H18BrN/c15-13-5-3-11(4-6-13)14(7-8-14)12-2-1-9-16-10-12/h3-6,12,16H,1-2,7-10H2. The minimum atomic E-state index is 0.522. The summed E-state index contributed by atoms with van der Waals surface area (Å²) in [4.78, 5) is 0. The second kappa shape index (κ2) is 4.15. The van der Waals surface area contributed by atoms with Crippen LogP contribution < -0.4 is 5.32 Å². The smallest absolute Gasteiger partial charge is 0.0175 e. The molecule has 0 bridgehead atoms. The molecule has 86 valence electrons. The SMILES string of the molecule is Brc1ccc(C2(C3CCCNC3)CC2)cc1. The van der Waals surface area contributed by atoms with E-state index in [1.165, 1.54) is 43.2 Å². The molecule has 16 heavy (non-hydrogen) atoms. The van der Waals surface area contributed by atoms with E-state index in [0.717, 1.165) is 5.92 Å². The molecule has 1 heterocycles. The van der Waals surface area contributed by atoms with E-state index in [9.17, 15) is 0 Å². The highest BCUT2D eigenvalue weighted by Gasteiger charge is 2.50. The largest absolute Gasteiger partial charge is 0.316 e. The number of benzene rings is 1. The van der Waals surface area contributed by atoms with Crippen molar-refractivity contribution < 1.29 is 0 Å². The van der Waals surface area contributed by atoms with Gasteiger partial charge in [-0.1, -0.05) is 28.1 Å². The molecule has 1 nitrogen and oxygen atoms in total. The summed E-state index contributed by atoms with van der Waals surface area (Å²) < 4.78 is 1.19. The Balaban J connectivity index is 1.84. The zero-order valence-electron chi connectivity index (χ0n) is 9.51. The first-order valence-electron chi connectivity index (χ1n) is 6.28. The minimum absolute atomic E-state index is 0.522. The van der Waals surface area contributed by atoms with Gasteiger partial charge in [0, 0.05) is 4.47 Å². The number of piperidine rings is 1. The van der Waals surface area contributed by atoms with Gasteiger partial charge in [0.1, 0.15) is 0 Å². The van der Waals surface area contributed by atoms with Crippen LogP contribution in [-0.2, 0) is 5.41 Å². The van der Waals surface area contributed by atoms with E-state index < -0.39 is 0 Å². The summed E-state index contributed by atoms with van der Waals surface area (Å²) in [6.07, 6.45) is 5.54. The van der Waals surface area contributed by atoms with Gasteiger partial charge < -0.3 is 5.32 Å². The first-order chi connectivity index (χ1) is 7.81. The van der Waals surface area contributed by atoms with Crippen LogP contribution >= 0.6 is 15.9 Å². The predicted molar refractivity (Wildman–Crippen MR) is 70.6 cm³/mol. The number of hydrogen-bond donors (Lipinski definition) is 1. The van der Waals surface area contributed by atoms with Gasteiger partial charge in [0.25, 0.3) is 0 Å². The summed E-state index contributed by atoms with van der Waals surface area (Å²) >= 11 is 3.52. The summed E-state index contributed by atoms with van der Waals surface area (Å²) in [6, 6.07) is 8.99. The molecule has 0 aromatic heterocycles. The Morgan fingerprint density at radius 1 is 1.19 bits per heavy atom.